The fourth-order valence-electron chi connectivity index (χ4n) is 2.16. The number of hydrogen-bond donors (Lipinski definition) is 2. The molecule has 14 heavy (non-hydrogen) atoms. The lowest BCUT2D eigenvalue weighted by Crippen LogP contribution is -2.41. The molecule has 1 saturated carbocycles. The van der Waals surface area contributed by atoms with E-state index in [9.17, 15) is 8.42 Å². The van der Waals surface area contributed by atoms with Crippen molar-refractivity contribution in [2.75, 3.05) is 12.0 Å². The van der Waals surface area contributed by atoms with Crippen molar-refractivity contribution in [3.8, 4) is 0 Å². The minimum absolute atomic E-state index is 0.173. The monoisotopic (exact) mass is 220 g/mol. The fourth-order valence-corrected chi connectivity index (χ4v) is 2.84. The number of nitrogens with two attached hydrogens (primary N) is 1. The lowest BCUT2D eigenvalue weighted by molar-refractivity contribution is 0.355. The molecule has 1 rings (SSSR count). The predicted octanol–water partition coefficient (Wildman–Crippen LogP) is 0.443. The molecule has 0 amide bonds. The van der Waals surface area contributed by atoms with Crippen LogP contribution in [0.3, 0.4) is 0 Å². The Morgan fingerprint density at radius 3 is 2.43 bits per heavy atom. The van der Waals surface area contributed by atoms with Crippen LogP contribution in [0, 0.1) is 5.92 Å². The highest BCUT2D eigenvalue weighted by Gasteiger charge is 2.24. The molecule has 3 N–H and O–H groups in total. The molecule has 1 unspecified atom stereocenters. The molecule has 4 nitrogen and oxygen atoms in total. The molecule has 0 spiro atoms. The third-order valence-corrected chi connectivity index (χ3v) is 3.96. The summed E-state index contributed by atoms with van der Waals surface area (Å²) in [4.78, 5) is 0. The van der Waals surface area contributed by atoms with Crippen LogP contribution in [0.1, 0.15) is 32.1 Å². The van der Waals surface area contributed by atoms with E-state index in [0.717, 1.165) is 0 Å². The maximum atomic E-state index is 11.0. The summed E-state index contributed by atoms with van der Waals surface area (Å²) in [5.74, 6) is 6.24. The van der Waals surface area contributed by atoms with Crippen LogP contribution in [-0.2, 0) is 9.84 Å². The van der Waals surface area contributed by atoms with Crippen molar-refractivity contribution < 1.29 is 8.42 Å². The Morgan fingerprint density at radius 2 is 2.00 bits per heavy atom. The molecule has 1 aliphatic rings. The average Bonchev–Trinajstić information content (AvgIpc) is 2.56. The maximum Gasteiger partial charge on any atom is 0.147 e. The van der Waals surface area contributed by atoms with E-state index in [2.05, 4.69) is 5.43 Å². The first-order chi connectivity index (χ1) is 6.53. The summed E-state index contributed by atoms with van der Waals surface area (Å²) in [6.45, 7) is 0. The number of hydrazine groups is 1. The molecule has 1 fully saturated rings. The summed E-state index contributed by atoms with van der Waals surface area (Å²) in [5, 5.41) is 0. The lowest BCUT2D eigenvalue weighted by Gasteiger charge is -2.21. The van der Waals surface area contributed by atoms with Gasteiger partial charge in [-0.2, -0.15) is 0 Å². The first-order valence-electron chi connectivity index (χ1n) is 5.17. The van der Waals surface area contributed by atoms with Crippen LogP contribution in [0.4, 0.5) is 0 Å². The van der Waals surface area contributed by atoms with Crippen molar-refractivity contribution >= 4 is 9.84 Å². The van der Waals surface area contributed by atoms with E-state index in [4.69, 9.17) is 5.84 Å². The van der Waals surface area contributed by atoms with E-state index in [-0.39, 0.29) is 11.8 Å². The van der Waals surface area contributed by atoms with Gasteiger partial charge in [-0.05, 0) is 25.2 Å². The van der Waals surface area contributed by atoms with Gasteiger partial charge in [0.05, 0.1) is 5.75 Å². The van der Waals surface area contributed by atoms with Gasteiger partial charge in [-0.15, -0.1) is 0 Å². The summed E-state index contributed by atoms with van der Waals surface area (Å²) < 4.78 is 22.0. The molecule has 0 aliphatic heterocycles. The predicted molar refractivity (Wildman–Crippen MR) is 57.4 cm³/mol. The molecule has 0 aromatic rings. The Hall–Kier alpha value is -0.130. The molecular weight excluding hydrogens is 200 g/mol. The van der Waals surface area contributed by atoms with E-state index in [0.29, 0.717) is 12.3 Å². The van der Waals surface area contributed by atoms with Gasteiger partial charge < -0.3 is 0 Å². The van der Waals surface area contributed by atoms with E-state index in [1.807, 2.05) is 0 Å². The second-order valence-corrected chi connectivity index (χ2v) is 6.50. The Morgan fingerprint density at radius 1 is 1.43 bits per heavy atom. The van der Waals surface area contributed by atoms with E-state index in [1.165, 1.54) is 31.9 Å². The minimum Gasteiger partial charge on any atom is -0.271 e. The van der Waals surface area contributed by atoms with Gasteiger partial charge >= 0.3 is 0 Å². The van der Waals surface area contributed by atoms with Gasteiger partial charge in [0.2, 0.25) is 0 Å². The average molecular weight is 220 g/mol. The zero-order valence-corrected chi connectivity index (χ0v) is 9.52. The van der Waals surface area contributed by atoms with Crippen LogP contribution in [-0.4, -0.2) is 26.5 Å². The minimum atomic E-state index is -2.85. The number of sulfone groups is 1. The topological polar surface area (TPSA) is 72.2 Å². The summed E-state index contributed by atoms with van der Waals surface area (Å²) in [5.41, 5.74) is 2.75. The highest BCUT2D eigenvalue weighted by molar-refractivity contribution is 7.90. The molecule has 0 radical (unpaired) electrons. The van der Waals surface area contributed by atoms with E-state index in [1.54, 1.807) is 0 Å². The number of nitrogens with one attached hydrogen (secondary N) is 1. The van der Waals surface area contributed by atoms with Crippen molar-refractivity contribution in [3.05, 3.63) is 0 Å². The Balaban J connectivity index is 2.38. The first-order valence-corrected chi connectivity index (χ1v) is 7.23. The molecule has 84 valence electrons. The second-order valence-electron chi connectivity index (χ2n) is 4.24. The molecule has 1 aliphatic carbocycles. The molecule has 1 atom stereocenters. The quantitative estimate of drug-likeness (QED) is 0.521. The van der Waals surface area contributed by atoms with Crippen LogP contribution in [0.25, 0.3) is 0 Å². The third kappa shape index (κ3) is 3.94. The second kappa shape index (κ2) is 5.09. The first kappa shape index (κ1) is 11.9. The number of rotatable bonds is 5. The lowest BCUT2D eigenvalue weighted by atomic mass is 9.97. The zero-order valence-electron chi connectivity index (χ0n) is 8.70. The Kier molecular flexibility index (Phi) is 4.34. The third-order valence-electron chi connectivity index (χ3n) is 2.98. The highest BCUT2D eigenvalue weighted by Crippen LogP contribution is 2.28. The van der Waals surface area contributed by atoms with Crippen LogP contribution in [0.2, 0.25) is 0 Å². The van der Waals surface area contributed by atoms with E-state index >= 15 is 0 Å². The summed E-state index contributed by atoms with van der Waals surface area (Å²) in [6, 6.07) is 0.173. The smallest absolute Gasteiger partial charge is 0.147 e. The maximum absolute atomic E-state index is 11.0. The van der Waals surface area contributed by atoms with Gasteiger partial charge in [-0.3, -0.25) is 11.3 Å². The van der Waals surface area contributed by atoms with Crippen molar-refractivity contribution in [2.24, 2.45) is 11.8 Å². The van der Waals surface area contributed by atoms with Crippen molar-refractivity contribution in [3.63, 3.8) is 0 Å². The summed E-state index contributed by atoms with van der Waals surface area (Å²) in [7, 11) is -2.85. The van der Waals surface area contributed by atoms with Crippen LogP contribution in [0.15, 0.2) is 0 Å². The highest BCUT2D eigenvalue weighted by atomic mass is 32.2. The van der Waals surface area contributed by atoms with Crippen molar-refractivity contribution in [2.45, 2.75) is 38.1 Å². The normalized spacial score (nSPS) is 21.3. The number of hydrogen-bond acceptors (Lipinski definition) is 4. The van der Waals surface area contributed by atoms with Gasteiger partial charge in [0, 0.05) is 12.3 Å². The fraction of sp³-hybridized carbons (Fsp3) is 1.00. The van der Waals surface area contributed by atoms with Crippen LogP contribution in [0.5, 0.6) is 0 Å². The van der Waals surface area contributed by atoms with Crippen molar-refractivity contribution in [1.29, 1.82) is 0 Å². The Labute approximate surface area is 86.1 Å². The van der Waals surface area contributed by atoms with Gasteiger partial charge in [-0.25, -0.2) is 8.42 Å². The molecule has 0 aromatic carbocycles. The molecular formula is C9H20N2O2S. The van der Waals surface area contributed by atoms with Crippen molar-refractivity contribution in [1.82, 2.24) is 5.43 Å². The molecule has 5 heteroatoms. The molecule has 0 aromatic heterocycles. The van der Waals surface area contributed by atoms with Crippen LogP contribution >= 0.6 is 0 Å². The summed E-state index contributed by atoms with van der Waals surface area (Å²) >= 11 is 0. The van der Waals surface area contributed by atoms with Gasteiger partial charge in [0.15, 0.2) is 0 Å². The standard InChI is InChI=1S/C9H20N2O2S/c1-14(12,13)7-6-9(11-10)8-4-2-3-5-8/h8-9,11H,2-7,10H2,1H3. The zero-order chi connectivity index (χ0) is 10.6. The Bertz CT molecular complexity index is 258. The largest absolute Gasteiger partial charge is 0.271 e. The van der Waals surface area contributed by atoms with Gasteiger partial charge in [-0.1, -0.05) is 12.8 Å². The molecule has 0 heterocycles. The molecule has 0 saturated heterocycles. The van der Waals surface area contributed by atoms with E-state index < -0.39 is 9.84 Å². The summed E-state index contributed by atoms with van der Waals surface area (Å²) in [6.07, 6.45) is 6.77. The molecule has 0 bridgehead atoms. The van der Waals surface area contributed by atoms with Gasteiger partial charge in [0.25, 0.3) is 0 Å². The SMILES string of the molecule is CS(=O)(=O)CCC(NN)C1CCCC1. The van der Waals surface area contributed by atoms with Crippen LogP contribution < -0.4 is 11.3 Å². The van der Waals surface area contributed by atoms with Gasteiger partial charge in [0.1, 0.15) is 9.84 Å².